The average molecular weight is 431 g/mol. The summed E-state index contributed by atoms with van der Waals surface area (Å²) in [6, 6.07) is 8.79. The molecule has 1 aliphatic rings. The molecular formula is C28H34N2O2. The molecule has 3 unspecified atom stereocenters. The van der Waals surface area contributed by atoms with Crippen molar-refractivity contribution in [2.45, 2.75) is 79.1 Å². The summed E-state index contributed by atoms with van der Waals surface area (Å²) in [7, 11) is 0. The van der Waals surface area contributed by atoms with Crippen LogP contribution in [0.5, 0.6) is 11.5 Å². The van der Waals surface area contributed by atoms with E-state index in [9.17, 15) is 0 Å². The maximum absolute atomic E-state index is 8.95. The SMILES string of the molecule is Cc1cc(C2CC(C(C)(C)c3cc(C)c(OC#N)c(C)c3)CCC2C)cc(C)c1OC#N. The van der Waals surface area contributed by atoms with Crippen molar-refractivity contribution in [1.82, 2.24) is 0 Å². The van der Waals surface area contributed by atoms with E-state index in [0.29, 0.717) is 29.3 Å². The number of hydrogen-bond acceptors (Lipinski definition) is 4. The predicted octanol–water partition coefficient (Wildman–Crippen LogP) is 7.14. The number of ether oxygens (including phenoxy) is 2. The summed E-state index contributed by atoms with van der Waals surface area (Å²) >= 11 is 0. The van der Waals surface area contributed by atoms with Crippen LogP contribution in [0.1, 0.15) is 79.3 Å². The monoisotopic (exact) mass is 430 g/mol. The van der Waals surface area contributed by atoms with Gasteiger partial charge in [0.25, 0.3) is 12.5 Å². The van der Waals surface area contributed by atoms with Crippen LogP contribution in [0.25, 0.3) is 0 Å². The van der Waals surface area contributed by atoms with Crippen LogP contribution >= 0.6 is 0 Å². The second-order valence-corrected chi connectivity index (χ2v) is 10.1. The third-order valence-corrected chi connectivity index (χ3v) is 7.63. The number of hydrogen-bond donors (Lipinski definition) is 0. The van der Waals surface area contributed by atoms with Crippen molar-refractivity contribution in [3.63, 3.8) is 0 Å². The lowest BCUT2D eigenvalue weighted by atomic mass is 9.61. The fourth-order valence-corrected chi connectivity index (χ4v) is 5.61. The van der Waals surface area contributed by atoms with Gasteiger partial charge in [-0.05, 0) is 104 Å². The van der Waals surface area contributed by atoms with Gasteiger partial charge in [-0.3, -0.25) is 0 Å². The molecule has 2 aromatic rings. The molecule has 0 spiro atoms. The van der Waals surface area contributed by atoms with Gasteiger partial charge in [0.05, 0.1) is 0 Å². The fourth-order valence-electron chi connectivity index (χ4n) is 5.61. The van der Waals surface area contributed by atoms with E-state index in [4.69, 9.17) is 20.0 Å². The van der Waals surface area contributed by atoms with E-state index in [1.807, 2.05) is 40.2 Å². The Morgan fingerprint density at radius 1 is 0.812 bits per heavy atom. The summed E-state index contributed by atoms with van der Waals surface area (Å²) in [5.41, 5.74) is 6.73. The topological polar surface area (TPSA) is 66.0 Å². The zero-order valence-corrected chi connectivity index (χ0v) is 20.4. The molecule has 2 aromatic carbocycles. The van der Waals surface area contributed by atoms with Crippen molar-refractivity contribution in [1.29, 1.82) is 10.5 Å². The third-order valence-electron chi connectivity index (χ3n) is 7.63. The second kappa shape index (κ2) is 9.25. The lowest BCUT2D eigenvalue weighted by molar-refractivity contribution is 0.177. The minimum Gasteiger partial charge on any atom is -0.387 e. The van der Waals surface area contributed by atoms with Gasteiger partial charge in [0.15, 0.2) is 0 Å². The molecule has 4 nitrogen and oxygen atoms in total. The molecule has 0 N–H and O–H groups in total. The Labute approximate surface area is 192 Å². The molecule has 168 valence electrons. The van der Waals surface area contributed by atoms with Crippen LogP contribution in [-0.4, -0.2) is 0 Å². The van der Waals surface area contributed by atoms with E-state index in [1.54, 1.807) is 0 Å². The normalized spacial score (nSPS) is 20.8. The second-order valence-electron chi connectivity index (χ2n) is 10.1. The first-order valence-electron chi connectivity index (χ1n) is 11.4. The Balaban J connectivity index is 1.92. The zero-order valence-electron chi connectivity index (χ0n) is 20.4. The summed E-state index contributed by atoms with van der Waals surface area (Å²) in [6.07, 6.45) is 7.14. The summed E-state index contributed by atoms with van der Waals surface area (Å²) < 4.78 is 10.4. The lowest BCUT2D eigenvalue weighted by Gasteiger charge is -2.43. The van der Waals surface area contributed by atoms with Crippen molar-refractivity contribution >= 4 is 0 Å². The fraction of sp³-hybridized carbons (Fsp3) is 0.500. The molecule has 0 aliphatic heterocycles. The first-order valence-corrected chi connectivity index (χ1v) is 11.4. The highest BCUT2D eigenvalue weighted by Gasteiger charge is 2.38. The highest BCUT2D eigenvalue weighted by Crippen LogP contribution is 2.49. The van der Waals surface area contributed by atoms with Crippen molar-refractivity contribution < 1.29 is 9.47 Å². The van der Waals surface area contributed by atoms with Gasteiger partial charge in [-0.25, -0.2) is 0 Å². The number of benzene rings is 2. The molecule has 32 heavy (non-hydrogen) atoms. The van der Waals surface area contributed by atoms with Crippen LogP contribution in [0.4, 0.5) is 0 Å². The molecule has 1 aliphatic carbocycles. The van der Waals surface area contributed by atoms with Crippen LogP contribution < -0.4 is 9.47 Å². The molecule has 0 saturated heterocycles. The summed E-state index contributed by atoms with van der Waals surface area (Å²) in [6.45, 7) is 15.1. The van der Waals surface area contributed by atoms with E-state index in [1.165, 1.54) is 24.0 Å². The third kappa shape index (κ3) is 4.46. The van der Waals surface area contributed by atoms with Gasteiger partial charge < -0.3 is 9.47 Å². The summed E-state index contributed by atoms with van der Waals surface area (Å²) in [5, 5.41) is 17.9. The Bertz CT molecular complexity index is 1040. The Hall–Kier alpha value is -2.98. The van der Waals surface area contributed by atoms with E-state index in [-0.39, 0.29) is 5.41 Å². The molecule has 4 heteroatoms. The zero-order chi connectivity index (χ0) is 23.6. The quantitative estimate of drug-likeness (QED) is 0.473. The first kappa shape index (κ1) is 23.7. The van der Waals surface area contributed by atoms with Crippen molar-refractivity contribution in [3.8, 4) is 24.0 Å². The summed E-state index contributed by atoms with van der Waals surface area (Å²) in [5.74, 6) is 2.99. The van der Waals surface area contributed by atoms with Crippen LogP contribution in [0.15, 0.2) is 24.3 Å². The predicted molar refractivity (Wildman–Crippen MR) is 127 cm³/mol. The highest BCUT2D eigenvalue weighted by atomic mass is 16.5. The Kier molecular flexibility index (Phi) is 6.85. The summed E-state index contributed by atoms with van der Waals surface area (Å²) in [4.78, 5) is 0. The van der Waals surface area contributed by atoms with Gasteiger partial charge in [0.1, 0.15) is 11.5 Å². The van der Waals surface area contributed by atoms with Gasteiger partial charge in [-0.1, -0.05) is 45.0 Å². The van der Waals surface area contributed by atoms with Gasteiger partial charge in [0, 0.05) is 0 Å². The molecular weight excluding hydrogens is 396 g/mol. The van der Waals surface area contributed by atoms with Gasteiger partial charge in [0.2, 0.25) is 0 Å². The van der Waals surface area contributed by atoms with E-state index >= 15 is 0 Å². The minimum atomic E-state index is 0.00698. The standard InChI is InChI=1S/C28H34N2O2/c1-17-8-9-23(14-25(17)22-10-18(2)26(31-15-29)19(3)11-22)28(6,7)24-12-20(4)27(32-16-30)21(5)13-24/h10-13,17,23,25H,8-9,14H2,1-7H3. The Morgan fingerprint density at radius 2 is 1.28 bits per heavy atom. The smallest absolute Gasteiger partial charge is 0.292 e. The van der Waals surface area contributed by atoms with E-state index in [0.717, 1.165) is 28.7 Å². The molecule has 1 fully saturated rings. The van der Waals surface area contributed by atoms with Crippen LogP contribution in [-0.2, 0) is 5.41 Å². The van der Waals surface area contributed by atoms with Crippen molar-refractivity contribution in [2.24, 2.45) is 11.8 Å². The van der Waals surface area contributed by atoms with Crippen LogP contribution in [0.3, 0.4) is 0 Å². The highest BCUT2D eigenvalue weighted by molar-refractivity contribution is 5.47. The Morgan fingerprint density at radius 3 is 1.75 bits per heavy atom. The van der Waals surface area contributed by atoms with Gasteiger partial charge >= 0.3 is 0 Å². The number of aryl methyl sites for hydroxylation is 4. The molecule has 0 aromatic heterocycles. The van der Waals surface area contributed by atoms with E-state index < -0.39 is 0 Å². The number of nitrogens with zero attached hydrogens (tertiary/aromatic N) is 2. The molecule has 0 bridgehead atoms. The molecule has 0 radical (unpaired) electrons. The minimum absolute atomic E-state index is 0.00698. The molecule has 3 rings (SSSR count). The average Bonchev–Trinajstić information content (AvgIpc) is 2.73. The van der Waals surface area contributed by atoms with Crippen molar-refractivity contribution in [3.05, 3.63) is 57.6 Å². The maximum atomic E-state index is 8.95. The van der Waals surface area contributed by atoms with Gasteiger partial charge in [-0.2, -0.15) is 0 Å². The van der Waals surface area contributed by atoms with Gasteiger partial charge in [-0.15, -0.1) is 10.5 Å². The van der Waals surface area contributed by atoms with E-state index in [2.05, 4.69) is 45.0 Å². The van der Waals surface area contributed by atoms with Crippen LogP contribution in [0, 0.1) is 62.6 Å². The lowest BCUT2D eigenvalue weighted by Crippen LogP contribution is -2.35. The molecule has 0 heterocycles. The maximum Gasteiger partial charge on any atom is 0.292 e. The molecule has 3 atom stereocenters. The molecule has 1 saturated carbocycles. The largest absolute Gasteiger partial charge is 0.387 e. The number of nitriles is 2. The number of rotatable bonds is 5. The van der Waals surface area contributed by atoms with Crippen molar-refractivity contribution in [2.75, 3.05) is 0 Å². The van der Waals surface area contributed by atoms with Crippen LogP contribution in [0.2, 0.25) is 0 Å². The first-order chi connectivity index (χ1) is 15.1. The molecule has 0 amide bonds.